The molecule has 0 aromatic heterocycles. The van der Waals surface area contributed by atoms with Gasteiger partial charge in [-0.05, 0) is 6.07 Å². The molecule has 16 heavy (non-hydrogen) atoms. The van der Waals surface area contributed by atoms with Crippen LogP contribution in [0.15, 0.2) is 12.1 Å². The number of carbonyl (C=O) groups excluding carboxylic acids is 1. The largest absolute Gasteiger partial charge is 0.465 e. The van der Waals surface area contributed by atoms with E-state index in [1.165, 1.54) is 0 Å². The number of halogens is 2. The predicted octanol–water partition coefficient (Wildman–Crippen LogP) is 2.42. The van der Waals surface area contributed by atoms with Crippen LogP contribution in [-0.4, -0.2) is 18.0 Å². The van der Waals surface area contributed by atoms with Crippen molar-refractivity contribution in [1.82, 2.24) is 0 Å². The Morgan fingerprint density at radius 2 is 2.25 bits per heavy atom. The summed E-state index contributed by atoms with van der Waals surface area (Å²) in [4.78, 5) is 21.1. The fraction of sp³-hybridized carbons (Fsp3) is 0.222. The molecule has 0 bridgehead atoms. The topological polar surface area (TPSA) is 69.4 Å². The van der Waals surface area contributed by atoms with E-state index in [9.17, 15) is 19.3 Å². The Hall–Kier alpha value is -1.50. The normalized spacial score (nSPS) is 9.94. The van der Waals surface area contributed by atoms with Crippen molar-refractivity contribution in [3.05, 3.63) is 39.2 Å². The van der Waals surface area contributed by atoms with E-state index < -0.39 is 22.3 Å². The Bertz CT molecular complexity index is 449. The Morgan fingerprint density at radius 1 is 1.62 bits per heavy atom. The van der Waals surface area contributed by atoms with E-state index in [-0.39, 0.29) is 16.6 Å². The van der Waals surface area contributed by atoms with E-state index in [0.29, 0.717) is 0 Å². The number of benzene rings is 1. The molecule has 0 N–H and O–H groups in total. The zero-order valence-corrected chi connectivity index (χ0v) is 9.78. The van der Waals surface area contributed by atoms with Crippen LogP contribution >= 0.6 is 15.9 Å². The average molecular weight is 292 g/mol. The van der Waals surface area contributed by atoms with Crippen molar-refractivity contribution in [1.29, 1.82) is 0 Å². The van der Waals surface area contributed by atoms with Crippen LogP contribution in [0.25, 0.3) is 0 Å². The summed E-state index contributed by atoms with van der Waals surface area (Å²) < 4.78 is 17.7. The molecule has 0 unspecified atom stereocenters. The second-order valence-electron chi connectivity index (χ2n) is 2.84. The lowest BCUT2D eigenvalue weighted by Crippen LogP contribution is -2.07. The molecule has 0 atom stereocenters. The first-order valence-corrected chi connectivity index (χ1v) is 5.24. The first-order chi connectivity index (χ1) is 7.51. The first kappa shape index (κ1) is 12.6. The molecule has 0 aliphatic carbocycles. The number of rotatable bonds is 3. The van der Waals surface area contributed by atoms with Gasteiger partial charge in [-0.25, -0.2) is 9.18 Å². The quantitative estimate of drug-likeness (QED) is 0.371. The van der Waals surface area contributed by atoms with Crippen molar-refractivity contribution in [2.24, 2.45) is 0 Å². The minimum atomic E-state index is -0.943. The number of alkyl halides is 1. The number of hydrogen-bond donors (Lipinski definition) is 0. The second kappa shape index (κ2) is 5.02. The van der Waals surface area contributed by atoms with Gasteiger partial charge in [0.05, 0.1) is 12.0 Å². The molecule has 0 saturated carbocycles. The maximum absolute atomic E-state index is 13.4. The van der Waals surface area contributed by atoms with Gasteiger partial charge >= 0.3 is 5.97 Å². The molecule has 0 amide bonds. The highest BCUT2D eigenvalue weighted by Crippen LogP contribution is 2.25. The van der Waals surface area contributed by atoms with E-state index in [1.807, 2.05) is 0 Å². The molecule has 86 valence electrons. The molecule has 0 radical (unpaired) electrons. The van der Waals surface area contributed by atoms with E-state index in [4.69, 9.17) is 0 Å². The first-order valence-electron chi connectivity index (χ1n) is 4.12. The summed E-state index contributed by atoms with van der Waals surface area (Å²) in [6, 6.07) is 1.82. The Balaban J connectivity index is 3.38. The molecule has 1 aromatic rings. The monoisotopic (exact) mass is 291 g/mol. The van der Waals surface area contributed by atoms with E-state index in [1.54, 1.807) is 0 Å². The van der Waals surface area contributed by atoms with Gasteiger partial charge in [-0.1, -0.05) is 15.9 Å². The van der Waals surface area contributed by atoms with Crippen molar-refractivity contribution >= 4 is 27.6 Å². The lowest BCUT2D eigenvalue weighted by atomic mass is 10.1. The van der Waals surface area contributed by atoms with E-state index in [2.05, 4.69) is 20.7 Å². The standard InChI is InChI=1S/C9H7BrFNO4/c1-16-9(13)6-3-8(12(14)15)5(4-10)2-7(6)11/h2-3H,4H2,1H3. The third kappa shape index (κ3) is 2.35. The van der Waals surface area contributed by atoms with Crippen molar-refractivity contribution in [2.75, 3.05) is 7.11 Å². The molecule has 7 heteroatoms. The van der Waals surface area contributed by atoms with Crippen LogP contribution in [-0.2, 0) is 10.1 Å². The predicted molar refractivity (Wildman–Crippen MR) is 57.0 cm³/mol. The molecule has 0 saturated heterocycles. The number of ether oxygens (including phenoxy) is 1. The molecule has 5 nitrogen and oxygen atoms in total. The zero-order chi connectivity index (χ0) is 12.3. The fourth-order valence-corrected chi connectivity index (χ4v) is 1.60. The van der Waals surface area contributed by atoms with Crippen LogP contribution < -0.4 is 0 Å². The Labute approximate surface area is 98.5 Å². The number of nitrogens with zero attached hydrogens (tertiary/aromatic N) is 1. The summed E-state index contributed by atoms with van der Waals surface area (Å²) in [5.41, 5.74) is -0.604. The molecule has 0 heterocycles. The minimum Gasteiger partial charge on any atom is -0.465 e. The van der Waals surface area contributed by atoms with Crippen molar-refractivity contribution in [2.45, 2.75) is 5.33 Å². The molecule has 0 fully saturated rings. The molecule has 1 aromatic carbocycles. The number of carbonyl (C=O) groups is 1. The minimum absolute atomic E-state index is 0.127. The van der Waals surface area contributed by atoms with E-state index >= 15 is 0 Å². The second-order valence-corrected chi connectivity index (χ2v) is 3.40. The zero-order valence-electron chi connectivity index (χ0n) is 8.20. The summed E-state index contributed by atoms with van der Waals surface area (Å²) in [7, 11) is 1.08. The Morgan fingerprint density at radius 3 is 2.69 bits per heavy atom. The summed E-state index contributed by atoms with van der Waals surface area (Å²) in [6.45, 7) is 0. The number of nitro benzene ring substituents is 1. The maximum atomic E-state index is 13.4. The summed E-state index contributed by atoms with van der Waals surface area (Å²) in [6.07, 6.45) is 0. The lowest BCUT2D eigenvalue weighted by Gasteiger charge is -2.04. The van der Waals surface area contributed by atoms with E-state index in [0.717, 1.165) is 19.2 Å². The highest BCUT2D eigenvalue weighted by molar-refractivity contribution is 9.08. The molecule has 0 spiro atoms. The highest BCUT2D eigenvalue weighted by atomic mass is 79.9. The molecule has 1 rings (SSSR count). The van der Waals surface area contributed by atoms with Crippen molar-refractivity contribution in [3.8, 4) is 0 Å². The average Bonchev–Trinajstić information content (AvgIpc) is 2.27. The van der Waals surface area contributed by atoms with Gasteiger partial charge in [0.25, 0.3) is 5.69 Å². The summed E-state index contributed by atoms with van der Waals surface area (Å²) in [5, 5.41) is 10.8. The SMILES string of the molecule is COC(=O)c1cc([N+](=O)[O-])c(CBr)cc1F. The van der Waals surface area contributed by atoms with Gasteiger partial charge in [-0.15, -0.1) is 0 Å². The Kier molecular flexibility index (Phi) is 3.94. The van der Waals surface area contributed by atoms with Gasteiger partial charge in [-0.2, -0.15) is 0 Å². The summed E-state index contributed by atoms with van der Waals surface area (Å²) >= 11 is 3.00. The third-order valence-corrected chi connectivity index (χ3v) is 2.52. The van der Waals surface area contributed by atoms with Gasteiger partial charge in [0.1, 0.15) is 11.4 Å². The molecular formula is C9H7BrFNO4. The third-order valence-electron chi connectivity index (χ3n) is 1.91. The van der Waals surface area contributed by atoms with Gasteiger partial charge in [0, 0.05) is 17.0 Å². The van der Waals surface area contributed by atoms with Crippen LogP contribution in [0.1, 0.15) is 15.9 Å². The van der Waals surface area contributed by atoms with Crippen molar-refractivity contribution < 1.29 is 18.8 Å². The van der Waals surface area contributed by atoms with Gasteiger partial charge in [-0.3, -0.25) is 10.1 Å². The van der Waals surface area contributed by atoms with Crippen LogP contribution in [0.2, 0.25) is 0 Å². The smallest absolute Gasteiger partial charge is 0.341 e. The number of nitro groups is 1. The molecular weight excluding hydrogens is 285 g/mol. The van der Waals surface area contributed by atoms with Gasteiger partial charge in [0.2, 0.25) is 0 Å². The van der Waals surface area contributed by atoms with Gasteiger partial charge in [0.15, 0.2) is 0 Å². The molecule has 0 aliphatic heterocycles. The van der Waals surface area contributed by atoms with Crippen LogP contribution in [0.4, 0.5) is 10.1 Å². The number of hydrogen-bond acceptors (Lipinski definition) is 4. The number of methoxy groups -OCH3 is 1. The van der Waals surface area contributed by atoms with Crippen molar-refractivity contribution in [3.63, 3.8) is 0 Å². The summed E-state index contributed by atoms with van der Waals surface area (Å²) in [5.74, 6) is -1.78. The van der Waals surface area contributed by atoms with Crippen LogP contribution in [0, 0.1) is 15.9 Å². The fourth-order valence-electron chi connectivity index (χ4n) is 1.15. The number of esters is 1. The maximum Gasteiger partial charge on any atom is 0.341 e. The van der Waals surface area contributed by atoms with Gasteiger partial charge < -0.3 is 4.74 Å². The van der Waals surface area contributed by atoms with Crippen LogP contribution in [0.5, 0.6) is 0 Å². The van der Waals surface area contributed by atoms with Crippen LogP contribution in [0.3, 0.4) is 0 Å². The lowest BCUT2D eigenvalue weighted by molar-refractivity contribution is -0.385. The highest BCUT2D eigenvalue weighted by Gasteiger charge is 2.21. The molecule has 0 aliphatic rings.